The number of imidazole rings is 1. The van der Waals surface area contributed by atoms with E-state index in [1.165, 1.54) is 5.69 Å². The SMILES string of the molecule is CC(Oc1ccc2[nH]nc(-c3nc4ccc(N5CCN(C(C)C)CC5)cc4[nH]3)c2c1)c1c(Cl)cncc1Cl. The van der Waals surface area contributed by atoms with Gasteiger partial charge in [-0.1, -0.05) is 23.2 Å². The summed E-state index contributed by atoms with van der Waals surface area (Å²) in [5.41, 5.74) is 5.44. The highest BCUT2D eigenvalue weighted by Gasteiger charge is 2.21. The average Bonchev–Trinajstić information content (AvgIpc) is 3.52. The van der Waals surface area contributed by atoms with Crippen molar-refractivity contribution in [2.75, 3.05) is 31.1 Å². The molecule has 0 aliphatic carbocycles. The van der Waals surface area contributed by atoms with E-state index < -0.39 is 0 Å². The Kier molecular flexibility index (Phi) is 6.63. The van der Waals surface area contributed by atoms with E-state index in [0.717, 1.165) is 53.8 Å². The number of aromatic nitrogens is 5. The molecule has 0 saturated carbocycles. The molecule has 4 heterocycles. The van der Waals surface area contributed by atoms with Gasteiger partial charge in [0, 0.05) is 61.3 Å². The van der Waals surface area contributed by atoms with Crippen molar-refractivity contribution in [2.45, 2.75) is 32.9 Å². The van der Waals surface area contributed by atoms with Crippen molar-refractivity contribution in [3.63, 3.8) is 0 Å². The van der Waals surface area contributed by atoms with Crippen LogP contribution in [-0.2, 0) is 0 Å². The van der Waals surface area contributed by atoms with Gasteiger partial charge in [-0.05, 0) is 57.2 Å². The fraction of sp³-hybridized carbons (Fsp3) is 0.321. The quantitative estimate of drug-likeness (QED) is 0.252. The second kappa shape index (κ2) is 10.1. The molecule has 0 radical (unpaired) electrons. The first-order valence-electron chi connectivity index (χ1n) is 12.8. The summed E-state index contributed by atoms with van der Waals surface area (Å²) in [6.45, 7) is 10.6. The number of rotatable bonds is 6. The summed E-state index contributed by atoms with van der Waals surface area (Å²) < 4.78 is 6.22. The van der Waals surface area contributed by atoms with Crippen molar-refractivity contribution in [2.24, 2.45) is 0 Å². The van der Waals surface area contributed by atoms with Crippen molar-refractivity contribution in [3.05, 3.63) is 64.4 Å². The van der Waals surface area contributed by atoms with E-state index in [1.54, 1.807) is 12.4 Å². The smallest absolute Gasteiger partial charge is 0.159 e. The Balaban J connectivity index is 1.27. The number of H-pyrrole nitrogens is 2. The Hall–Kier alpha value is -3.33. The van der Waals surface area contributed by atoms with Crippen molar-refractivity contribution in [1.82, 2.24) is 30.0 Å². The minimum absolute atomic E-state index is 0.363. The second-order valence-electron chi connectivity index (χ2n) is 9.96. The van der Waals surface area contributed by atoms with Crippen LogP contribution in [0.5, 0.6) is 5.75 Å². The maximum Gasteiger partial charge on any atom is 0.159 e. The molecule has 38 heavy (non-hydrogen) atoms. The van der Waals surface area contributed by atoms with E-state index in [2.05, 4.69) is 62.0 Å². The zero-order chi connectivity index (χ0) is 26.4. The van der Waals surface area contributed by atoms with Gasteiger partial charge in [0.2, 0.25) is 0 Å². The van der Waals surface area contributed by atoms with Crippen molar-refractivity contribution in [1.29, 1.82) is 0 Å². The Bertz CT molecular complexity index is 1580. The maximum absolute atomic E-state index is 6.33. The van der Waals surface area contributed by atoms with E-state index in [4.69, 9.17) is 32.9 Å². The highest BCUT2D eigenvalue weighted by Crippen LogP contribution is 2.35. The predicted octanol–water partition coefficient (Wildman–Crippen LogP) is 6.48. The molecule has 10 heteroatoms. The van der Waals surface area contributed by atoms with Crippen LogP contribution in [0.15, 0.2) is 48.8 Å². The number of aromatic amines is 2. The first kappa shape index (κ1) is 25.0. The Morgan fingerprint density at radius 3 is 2.42 bits per heavy atom. The summed E-state index contributed by atoms with van der Waals surface area (Å²) in [6.07, 6.45) is 2.77. The van der Waals surface area contributed by atoms with Gasteiger partial charge in [-0.3, -0.25) is 15.0 Å². The van der Waals surface area contributed by atoms with Crippen molar-refractivity contribution < 1.29 is 4.74 Å². The van der Waals surface area contributed by atoms with E-state index in [-0.39, 0.29) is 6.10 Å². The molecule has 196 valence electrons. The third-order valence-electron chi connectivity index (χ3n) is 7.24. The van der Waals surface area contributed by atoms with Crippen LogP contribution in [0, 0.1) is 0 Å². The number of pyridine rings is 1. The lowest BCUT2D eigenvalue weighted by Crippen LogP contribution is -2.48. The number of nitrogens with zero attached hydrogens (tertiary/aromatic N) is 5. The molecule has 0 bridgehead atoms. The van der Waals surface area contributed by atoms with Gasteiger partial charge < -0.3 is 14.6 Å². The molecule has 2 aromatic carbocycles. The van der Waals surface area contributed by atoms with Crippen LogP contribution in [-0.4, -0.2) is 62.3 Å². The van der Waals surface area contributed by atoms with Crippen LogP contribution in [0.2, 0.25) is 10.0 Å². The minimum Gasteiger partial charge on any atom is -0.486 e. The van der Waals surface area contributed by atoms with Gasteiger partial charge >= 0.3 is 0 Å². The van der Waals surface area contributed by atoms with Crippen LogP contribution in [0.3, 0.4) is 0 Å². The zero-order valence-electron chi connectivity index (χ0n) is 21.5. The summed E-state index contributed by atoms with van der Waals surface area (Å²) in [5.74, 6) is 1.38. The lowest BCUT2D eigenvalue weighted by atomic mass is 10.1. The molecular formula is C28H29Cl2N7O. The fourth-order valence-corrected chi connectivity index (χ4v) is 5.79. The second-order valence-corrected chi connectivity index (χ2v) is 10.8. The first-order chi connectivity index (χ1) is 18.4. The fourth-order valence-electron chi connectivity index (χ4n) is 5.12. The van der Waals surface area contributed by atoms with Gasteiger partial charge in [0.1, 0.15) is 17.5 Å². The molecule has 1 aliphatic rings. The molecule has 3 aromatic heterocycles. The Labute approximate surface area is 230 Å². The van der Waals surface area contributed by atoms with Gasteiger partial charge in [0.25, 0.3) is 0 Å². The number of hydrogen-bond donors (Lipinski definition) is 2. The number of piperazine rings is 1. The normalized spacial score (nSPS) is 15.6. The average molecular weight is 550 g/mol. The molecule has 6 rings (SSSR count). The molecular weight excluding hydrogens is 521 g/mol. The molecule has 0 amide bonds. The molecule has 1 saturated heterocycles. The van der Waals surface area contributed by atoms with E-state index in [9.17, 15) is 0 Å². The molecule has 1 aliphatic heterocycles. The third-order valence-corrected chi connectivity index (χ3v) is 7.85. The standard InChI is InChI=1S/C28H29Cl2N7O/c1-16(2)36-8-10-37(11-9-36)18-4-6-24-25(12-18)33-28(32-24)27-20-13-19(5-7-23(20)34-35-27)38-17(3)26-21(29)14-31-15-22(26)30/h4-7,12-17H,8-11H2,1-3H3,(H,32,33)(H,34,35). The number of benzene rings is 2. The largest absolute Gasteiger partial charge is 0.486 e. The summed E-state index contributed by atoms with van der Waals surface area (Å²) >= 11 is 12.7. The summed E-state index contributed by atoms with van der Waals surface area (Å²) in [4.78, 5) is 17.3. The highest BCUT2D eigenvalue weighted by molar-refractivity contribution is 6.35. The molecule has 5 aromatic rings. The van der Waals surface area contributed by atoms with E-state index in [0.29, 0.717) is 33.2 Å². The predicted molar refractivity (Wildman–Crippen MR) is 153 cm³/mol. The van der Waals surface area contributed by atoms with Crippen molar-refractivity contribution in [3.8, 4) is 17.3 Å². The number of fused-ring (bicyclic) bond motifs is 2. The Morgan fingerprint density at radius 1 is 0.921 bits per heavy atom. The summed E-state index contributed by atoms with van der Waals surface area (Å²) in [6, 6.07) is 12.8. The molecule has 1 unspecified atom stereocenters. The number of halogens is 2. The minimum atomic E-state index is -0.363. The van der Waals surface area contributed by atoms with Crippen LogP contribution in [0.25, 0.3) is 33.5 Å². The van der Waals surface area contributed by atoms with Gasteiger partial charge in [0.15, 0.2) is 5.82 Å². The maximum atomic E-state index is 6.33. The highest BCUT2D eigenvalue weighted by atomic mass is 35.5. The van der Waals surface area contributed by atoms with Crippen LogP contribution >= 0.6 is 23.2 Å². The number of nitrogens with one attached hydrogen (secondary N) is 2. The van der Waals surface area contributed by atoms with Crippen LogP contribution in [0.4, 0.5) is 5.69 Å². The molecule has 8 nitrogen and oxygen atoms in total. The lowest BCUT2D eigenvalue weighted by molar-refractivity contribution is 0.209. The zero-order valence-corrected chi connectivity index (χ0v) is 23.0. The van der Waals surface area contributed by atoms with Gasteiger partial charge in [-0.2, -0.15) is 5.10 Å². The van der Waals surface area contributed by atoms with Gasteiger partial charge in [-0.25, -0.2) is 4.98 Å². The third kappa shape index (κ3) is 4.68. The van der Waals surface area contributed by atoms with Crippen LogP contribution in [0.1, 0.15) is 32.4 Å². The first-order valence-corrected chi connectivity index (χ1v) is 13.6. The topological polar surface area (TPSA) is 86.0 Å². The molecule has 0 spiro atoms. The summed E-state index contributed by atoms with van der Waals surface area (Å²) in [7, 11) is 0. The monoisotopic (exact) mass is 549 g/mol. The van der Waals surface area contributed by atoms with Crippen LogP contribution < -0.4 is 9.64 Å². The van der Waals surface area contributed by atoms with Gasteiger partial charge in [0.05, 0.1) is 26.6 Å². The lowest BCUT2D eigenvalue weighted by Gasteiger charge is -2.38. The summed E-state index contributed by atoms with van der Waals surface area (Å²) in [5, 5.41) is 9.52. The number of anilines is 1. The number of ether oxygens (including phenoxy) is 1. The number of hydrogen-bond acceptors (Lipinski definition) is 6. The molecule has 1 atom stereocenters. The van der Waals surface area contributed by atoms with E-state index >= 15 is 0 Å². The van der Waals surface area contributed by atoms with E-state index in [1.807, 2.05) is 25.1 Å². The Morgan fingerprint density at radius 2 is 1.68 bits per heavy atom. The molecule has 1 fully saturated rings. The molecule has 2 N–H and O–H groups in total. The van der Waals surface area contributed by atoms with Gasteiger partial charge in [-0.15, -0.1) is 0 Å². The van der Waals surface area contributed by atoms with Crippen molar-refractivity contribution >= 4 is 50.8 Å².